The van der Waals surface area contributed by atoms with Crippen LogP contribution in [0.25, 0.3) is 0 Å². The zero-order chi connectivity index (χ0) is 25.9. The normalized spacial score (nSPS) is 16.5. The largest absolute Gasteiger partial charge is 0.326 e. The van der Waals surface area contributed by atoms with E-state index in [9.17, 15) is 18.0 Å². The molecule has 1 heterocycles. The standard InChI is InChI=1S/C27H37N3O4S/c1-18(2)15-29(16-19(3)4)35(33,34)24-10-8-23(9-11-24)28-27(32)22-14-26(31)30(17-22)25-12-7-20(5)13-21(25)6/h7-13,18-19,22H,14-17H2,1-6H3,(H,28,32). The number of carbonyl (C=O) groups is 2. The third-order valence-corrected chi connectivity index (χ3v) is 7.88. The summed E-state index contributed by atoms with van der Waals surface area (Å²) >= 11 is 0. The Kier molecular flexibility index (Phi) is 8.38. The number of hydrogen-bond acceptors (Lipinski definition) is 4. The number of carbonyl (C=O) groups excluding carboxylic acids is 2. The lowest BCUT2D eigenvalue weighted by atomic mass is 10.1. The van der Waals surface area contributed by atoms with Crippen molar-refractivity contribution >= 4 is 33.2 Å². The number of benzene rings is 2. The van der Waals surface area contributed by atoms with Crippen LogP contribution in [0.15, 0.2) is 47.4 Å². The molecule has 1 saturated heterocycles. The molecule has 2 aromatic rings. The minimum Gasteiger partial charge on any atom is -0.326 e. The molecule has 3 rings (SSSR count). The fourth-order valence-corrected chi connectivity index (χ4v) is 6.18. The predicted octanol–water partition coefficient (Wildman–Crippen LogP) is 4.60. The second-order valence-corrected chi connectivity index (χ2v) is 12.3. The molecule has 0 radical (unpaired) electrons. The maximum absolute atomic E-state index is 13.2. The van der Waals surface area contributed by atoms with Gasteiger partial charge in [-0.1, -0.05) is 45.4 Å². The average molecular weight is 500 g/mol. The van der Waals surface area contributed by atoms with Gasteiger partial charge in [0.2, 0.25) is 21.8 Å². The van der Waals surface area contributed by atoms with Crippen LogP contribution in [-0.2, 0) is 19.6 Å². The molecule has 1 unspecified atom stereocenters. The Balaban J connectivity index is 1.69. The second kappa shape index (κ2) is 10.9. The van der Waals surface area contributed by atoms with Gasteiger partial charge in [-0.05, 0) is 61.6 Å². The van der Waals surface area contributed by atoms with Crippen molar-refractivity contribution in [2.24, 2.45) is 17.8 Å². The average Bonchev–Trinajstić information content (AvgIpc) is 3.14. The molecule has 0 spiro atoms. The maximum Gasteiger partial charge on any atom is 0.243 e. The van der Waals surface area contributed by atoms with Gasteiger partial charge < -0.3 is 10.2 Å². The molecular weight excluding hydrogens is 462 g/mol. The summed E-state index contributed by atoms with van der Waals surface area (Å²) in [5.41, 5.74) is 3.46. The van der Waals surface area contributed by atoms with E-state index >= 15 is 0 Å². The molecule has 1 aliphatic heterocycles. The van der Waals surface area contributed by atoms with Crippen LogP contribution in [0.5, 0.6) is 0 Å². The Morgan fingerprint density at radius 2 is 1.63 bits per heavy atom. The molecule has 2 aromatic carbocycles. The van der Waals surface area contributed by atoms with Gasteiger partial charge in [-0.25, -0.2) is 8.42 Å². The molecule has 1 N–H and O–H groups in total. The molecule has 1 atom stereocenters. The van der Waals surface area contributed by atoms with Crippen molar-refractivity contribution in [3.8, 4) is 0 Å². The molecule has 0 saturated carbocycles. The summed E-state index contributed by atoms with van der Waals surface area (Å²) in [5, 5.41) is 2.85. The summed E-state index contributed by atoms with van der Waals surface area (Å²) < 4.78 is 27.9. The first-order chi connectivity index (χ1) is 16.4. The first-order valence-electron chi connectivity index (χ1n) is 12.2. The number of amides is 2. The predicted molar refractivity (Wildman–Crippen MR) is 140 cm³/mol. The lowest BCUT2D eigenvalue weighted by Gasteiger charge is -2.25. The lowest BCUT2D eigenvalue weighted by molar-refractivity contribution is -0.122. The van der Waals surface area contributed by atoms with Gasteiger partial charge in [-0.3, -0.25) is 9.59 Å². The number of hydrogen-bond donors (Lipinski definition) is 1. The van der Waals surface area contributed by atoms with Crippen molar-refractivity contribution in [3.63, 3.8) is 0 Å². The Bertz CT molecular complexity index is 1160. The Morgan fingerprint density at radius 1 is 1.03 bits per heavy atom. The first-order valence-corrected chi connectivity index (χ1v) is 13.6. The van der Waals surface area contributed by atoms with Gasteiger partial charge in [0.1, 0.15) is 0 Å². The van der Waals surface area contributed by atoms with Gasteiger partial charge >= 0.3 is 0 Å². The Hall–Kier alpha value is -2.71. The fraction of sp³-hybridized carbons (Fsp3) is 0.481. The Labute approximate surface area is 209 Å². The lowest BCUT2D eigenvalue weighted by Crippen LogP contribution is -2.37. The maximum atomic E-state index is 13.2. The van der Waals surface area contributed by atoms with Crippen LogP contribution in [0.2, 0.25) is 0 Å². The van der Waals surface area contributed by atoms with Crippen LogP contribution < -0.4 is 10.2 Å². The molecule has 8 heteroatoms. The van der Waals surface area contributed by atoms with E-state index in [-0.39, 0.29) is 35.0 Å². The number of anilines is 2. The van der Waals surface area contributed by atoms with E-state index < -0.39 is 15.9 Å². The summed E-state index contributed by atoms with van der Waals surface area (Å²) in [5.74, 6) is -0.380. The molecular formula is C27H37N3O4S. The van der Waals surface area contributed by atoms with Gasteiger partial charge in [0.25, 0.3) is 0 Å². The number of nitrogens with one attached hydrogen (secondary N) is 1. The minimum atomic E-state index is -3.64. The highest BCUT2D eigenvalue weighted by molar-refractivity contribution is 7.89. The summed E-state index contributed by atoms with van der Waals surface area (Å²) in [6.07, 6.45) is 0.144. The van der Waals surface area contributed by atoms with Crippen LogP contribution in [0.1, 0.15) is 45.2 Å². The molecule has 190 valence electrons. The number of rotatable bonds is 9. The zero-order valence-corrected chi connectivity index (χ0v) is 22.4. The fourth-order valence-electron chi connectivity index (χ4n) is 4.41. The van der Waals surface area contributed by atoms with E-state index in [2.05, 4.69) is 5.32 Å². The van der Waals surface area contributed by atoms with Crippen LogP contribution in [-0.4, -0.2) is 44.2 Å². The monoisotopic (exact) mass is 499 g/mol. The van der Waals surface area contributed by atoms with Crippen molar-refractivity contribution in [1.29, 1.82) is 0 Å². The van der Waals surface area contributed by atoms with E-state index in [1.807, 2.05) is 59.7 Å². The minimum absolute atomic E-state index is 0.0751. The van der Waals surface area contributed by atoms with Gasteiger partial charge in [-0.15, -0.1) is 0 Å². The van der Waals surface area contributed by atoms with E-state index in [1.165, 1.54) is 16.4 Å². The van der Waals surface area contributed by atoms with Crippen molar-refractivity contribution in [3.05, 3.63) is 53.6 Å². The van der Waals surface area contributed by atoms with Gasteiger partial charge in [-0.2, -0.15) is 4.31 Å². The van der Waals surface area contributed by atoms with Crippen molar-refractivity contribution in [2.75, 3.05) is 29.9 Å². The SMILES string of the molecule is Cc1ccc(N2CC(C(=O)Nc3ccc(S(=O)(=O)N(CC(C)C)CC(C)C)cc3)CC2=O)c(C)c1. The highest BCUT2D eigenvalue weighted by Gasteiger charge is 2.35. The molecule has 35 heavy (non-hydrogen) atoms. The molecule has 7 nitrogen and oxygen atoms in total. The van der Waals surface area contributed by atoms with E-state index in [0.29, 0.717) is 25.3 Å². The number of sulfonamides is 1. The van der Waals surface area contributed by atoms with E-state index in [0.717, 1.165) is 16.8 Å². The summed E-state index contributed by atoms with van der Waals surface area (Å²) in [6.45, 7) is 13.2. The van der Waals surface area contributed by atoms with Crippen LogP contribution >= 0.6 is 0 Å². The topological polar surface area (TPSA) is 86.8 Å². The van der Waals surface area contributed by atoms with Crippen molar-refractivity contribution < 1.29 is 18.0 Å². The van der Waals surface area contributed by atoms with Crippen LogP contribution in [0.4, 0.5) is 11.4 Å². The smallest absolute Gasteiger partial charge is 0.243 e. The number of nitrogens with zero attached hydrogens (tertiary/aromatic N) is 2. The van der Waals surface area contributed by atoms with Gasteiger partial charge in [0.15, 0.2) is 0 Å². The first kappa shape index (κ1) is 26.9. The summed E-state index contributed by atoms with van der Waals surface area (Å²) in [6, 6.07) is 12.2. The van der Waals surface area contributed by atoms with Crippen molar-refractivity contribution in [2.45, 2.75) is 52.9 Å². The molecule has 1 fully saturated rings. The summed E-state index contributed by atoms with van der Waals surface area (Å²) in [4.78, 5) is 27.4. The molecule has 0 bridgehead atoms. The second-order valence-electron chi connectivity index (χ2n) is 10.3. The van der Waals surface area contributed by atoms with Gasteiger partial charge in [0, 0.05) is 37.4 Å². The third kappa shape index (κ3) is 6.49. The van der Waals surface area contributed by atoms with E-state index in [4.69, 9.17) is 0 Å². The van der Waals surface area contributed by atoms with Crippen molar-refractivity contribution in [1.82, 2.24) is 4.31 Å². The van der Waals surface area contributed by atoms with Crippen LogP contribution in [0.3, 0.4) is 0 Å². The molecule has 0 aliphatic carbocycles. The number of aryl methyl sites for hydroxylation is 2. The zero-order valence-electron chi connectivity index (χ0n) is 21.5. The highest BCUT2D eigenvalue weighted by Crippen LogP contribution is 2.29. The van der Waals surface area contributed by atoms with E-state index in [1.54, 1.807) is 17.0 Å². The van der Waals surface area contributed by atoms with Crippen LogP contribution in [0, 0.1) is 31.6 Å². The molecule has 1 aliphatic rings. The quantitative estimate of drug-likeness (QED) is 0.546. The molecule has 0 aromatic heterocycles. The third-order valence-electron chi connectivity index (χ3n) is 6.04. The summed E-state index contributed by atoms with van der Waals surface area (Å²) in [7, 11) is -3.64. The molecule has 2 amide bonds. The Morgan fingerprint density at radius 3 is 2.17 bits per heavy atom. The van der Waals surface area contributed by atoms with Gasteiger partial charge in [0.05, 0.1) is 10.8 Å². The highest BCUT2D eigenvalue weighted by atomic mass is 32.2.